The summed E-state index contributed by atoms with van der Waals surface area (Å²) in [4.78, 5) is 30.7. The molecule has 0 spiro atoms. The van der Waals surface area contributed by atoms with Crippen molar-refractivity contribution in [2.75, 3.05) is 39.3 Å². The Balaban J connectivity index is 1.75. The maximum atomic E-state index is 12.0. The molecule has 0 atom stereocenters. The van der Waals surface area contributed by atoms with Crippen LogP contribution >= 0.6 is 0 Å². The van der Waals surface area contributed by atoms with Gasteiger partial charge in [-0.25, -0.2) is 0 Å². The SMILES string of the molecule is CCNC(=NCCCNC(=O)c1occc1C)N1CCC(C(=O)OCC)CC1. The third kappa shape index (κ3) is 6.28. The summed E-state index contributed by atoms with van der Waals surface area (Å²) in [5, 5.41) is 6.16. The van der Waals surface area contributed by atoms with Crippen molar-refractivity contribution in [3.63, 3.8) is 0 Å². The van der Waals surface area contributed by atoms with Gasteiger partial charge in [-0.1, -0.05) is 0 Å². The predicted octanol–water partition coefficient (Wildman–Crippen LogP) is 1.95. The number of hydrogen-bond acceptors (Lipinski definition) is 5. The van der Waals surface area contributed by atoms with E-state index in [2.05, 4.69) is 20.5 Å². The van der Waals surface area contributed by atoms with Gasteiger partial charge in [-0.05, 0) is 46.1 Å². The number of ether oxygens (including phenoxy) is 1. The summed E-state index contributed by atoms with van der Waals surface area (Å²) in [6, 6.07) is 1.77. The highest BCUT2D eigenvalue weighted by molar-refractivity contribution is 5.92. The summed E-state index contributed by atoms with van der Waals surface area (Å²) in [5.41, 5.74) is 0.830. The fourth-order valence-electron chi connectivity index (χ4n) is 3.16. The minimum atomic E-state index is -0.195. The van der Waals surface area contributed by atoms with E-state index in [9.17, 15) is 9.59 Å². The monoisotopic (exact) mass is 392 g/mol. The number of guanidine groups is 1. The third-order valence-corrected chi connectivity index (χ3v) is 4.70. The van der Waals surface area contributed by atoms with Crippen LogP contribution in [0.5, 0.6) is 0 Å². The van der Waals surface area contributed by atoms with Crippen molar-refractivity contribution >= 4 is 17.8 Å². The van der Waals surface area contributed by atoms with Crippen LogP contribution in [0.25, 0.3) is 0 Å². The Morgan fingerprint density at radius 3 is 2.64 bits per heavy atom. The van der Waals surface area contributed by atoms with E-state index in [0.29, 0.717) is 25.5 Å². The number of carbonyl (C=O) groups is 2. The first-order valence-corrected chi connectivity index (χ1v) is 10.1. The Kier molecular flexibility index (Phi) is 8.84. The van der Waals surface area contributed by atoms with E-state index in [1.54, 1.807) is 6.07 Å². The number of carbonyl (C=O) groups excluding carboxylic acids is 2. The number of amides is 1. The molecule has 28 heavy (non-hydrogen) atoms. The van der Waals surface area contributed by atoms with E-state index in [-0.39, 0.29) is 17.8 Å². The van der Waals surface area contributed by atoms with E-state index in [4.69, 9.17) is 9.15 Å². The lowest BCUT2D eigenvalue weighted by atomic mass is 9.97. The first kappa shape index (κ1) is 21.8. The van der Waals surface area contributed by atoms with Crippen LogP contribution in [0.15, 0.2) is 21.7 Å². The summed E-state index contributed by atoms with van der Waals surface area (Å²) in [6.07, 6.45) is 3.81. The van der Waals surface area contributed by atoms with Crippen molar-refractivity contribution in [2.24, 2.45) is 10.9 Å². The summed E-state index contributed by atoms with van der Waals surface area (Å²) in [5.74, 6) is 0.921. The van der Waals surface area contributed by atoms with Crippen LogP contribution in [0.1, 0.15) is 49.2 Å². The van der Waals surface area contributed by atoms with Crippen LogP contribution in [0.3, 0.4) is 0 Å². The van der Waals surface area contributed by atoms with Crippen LogP contribution in [0.2, 0.25) is 0 Å². The minimum Gasteiger partial charge on any atom is -0.466 e. The molecular weight excluding hydrogens is 360 g/mol. The number of hydrogen-bond donors (Lipinski definition) is 2. The quantitative estimate of drug-likeness (QED) is 0.304. The molecule has 2 N–H and O–H groups in total. The van der Waals surface area contributed by atoms with Crippen molar-refractivity contribution in [1.29, 1.82) is 0 Å². The zero-order valence-electron chi connectivity index (χ0n) is 17.1. The van der Waals surface area contributed by atoms with Gasteiger partial charge in [0.05, 0.1) is 18.8 Å². The molecule has 0 saturated carbocycles. The van der Waals surface area contributed by atoms with Crippen LogP contribution in [0.4, 0.5) is 0 Å². The number of aliphatic imine (C=N–C) groups is 1. The van der Waals surface area contributed by atoms with Gasteiger partial charge in [-0.2, -0.15) is 0 Å². The highest BCUT2D eigenvalue weighted by Gasteiger charge is 2.27. The van der Waals surface area contributed by atoms with Gasteiger partial charge in [0, 0.05) is 38.3 Å². The maximum Gasteiger partial charge on any atom is 0.309 e. The Labute approximate surface area is 166 Å². The molecule has 156 valence electrons. The molecule has 0 radical (unpaired) electrons. The van der Waals surface area contributed by atoms with Gasteiger partial charge >= 0.3 is 5.97 Å². The number of piperidine rings is 1. The molecule has 0 unspecified atom stereocenters. The Morgan fingerprint density at radius 2 is 2.04 bits per heavy atom. The van der Waals surface area contributed by atoms with Gasteiger partial charge < -0.3 is 24.7 Å². The lowest BCUT2D eigenvalue weighted by Crippen LogP contribution is -2.46. The second kappa shape index (κ2) is 11.4. The molecule has 1 aromatic heterocycles. The van der Waals surface area contributed by atoms with Crippen molar-refractivity contribution in [2.45, 2.75) is 40.0 Å². The van der Waals surface area contributed by atoms with Crippen LogP contribution in [-0.2, 0) is 9.53 Å². The van der Waals surface area contributed by atoms with Crippen molar-refractivity contribution in [1.82, 2.24) is 15.5 Å². The van der Waals surface area contributed by atoms with Crippen molar-refractivity contribution in [3.8, 4) is 0 Å². The van der Waals surface area contributed by atoms with Crippen LogP contribution < -0.4 is 10.6 Å². The van der Waals surface area contributed by atoms with Gasteiger partial charge in [-0.15, -0.1) is 0 Å². The number of nitrogens with zero attached hydrogens (tertiary/aromatic N) is 2. The van der Waals surface area contributed by atoms with Crippen LogP contribution in [-0.4, -0.2) is 62.1 Å². The number of furan rings is 1. The van der Waals surface area contributed by atoms with E-state index in [1.807, 2.05) is 20.8 Å². The standard InChI is InChI=1S/C20H32N4O4/c1-4-21-20(24-12-7-16(8-13-24)19(26)27-5-2)23-11-6-10-22-18(25)17-15(3)9-14-28-17/h9,14,16H,4-8,10-13H2,1-3H3,(H,21,23)(H,22,25). The average molecular weight is 393 g/mol. The largest absolute Gasteiger partial charge is 0.466 e. The highest BCUT2D eigenvalue weighted by Crippen LogP contribution is 2.18. The summed E-state index contributed by atoms with van der Waals surface area (Å²) < 4.78 is 10.3. The second-order valence-corrected chi connectivity index (χ2v) is 6.79. The molecular formula is C20H32N4O4. The normalized spacial score (nSPS) is 15.4. The molecule has 8 nitrogen and oxygen atoms in total. The fourth-order valence-corrected chi connectivity index (χ4v) is 3.16. The Morgan fingerprint density at radius 1 is 1.29 bits per heavy atom. The topological polar surface area (TPSA) is 96.2 Å². The Hall–Kier alpha value is -2.51. The second-order valence-electron chi connectivity index (χ2n) is 6.79. The lowest BCUT2D eigenvalue weighted by molar-refractivity contribution is -0.149. The minimum absolute atomic E-state index is 0.0145. The van der Waals surface area contributed by atoms with Gasteiger partial charge in [0.2, 0.25) is 0 Å². The lowest BCUT2D eigenvalue weighted by Gasteiger charge is -2.33. The van der Waals surface area contributed by atoms with Crippen LogP contribution in [0, 0.1) is 12.8 Å². The van der Waals surface area contributed by atoms with E-state index >= 15 is 0 Å². The molecule has 8 heteroatoms. The first-order valence-electron chi connectivity index (χ1n) is 10.1. The number of aryl methyl sites for hydroxylation is 1. The number of nitrogens with one attached hydrogen (secondary N) is 2. The van der Waals surface area contributed by atoms with Gasteiger partial charge in [0.1, 0.15) is 0 Å². The predicted molar refractivity (Wildman–Crippen MR) is 107 cm³/mol. The summed E-state index contributed by atoms with van der Waals surface area (Å²) >= 11 is 0. The zero-order chi connectivity index (χ0) is 20.4. The van der Waals surface area contributed by atoms with Gasteiger partial charge in [0.25, 0.3) is 5.91 Å². The van der Waals surface area contributed by atoms with Gasteiger partial charge in [-0.3, -0.25) is 14.6 Å². The molecule has 1 aliphatic rings. The van der Waals surface area contributed by atoms with Gasteiger partial charge in [0.15, 0.2) is 11.7 Å². The number of likely N-dealkylation sites (tertiary alicyclic amines) is 1. The van der Waals surface area contributed by atoms with E-state index < -0.39 is 0 Å². The molecule has 0 bridgehead atoms. The number of rotatable bonds is 8. The zero-order valence-corrected chi connectivity index (χ0v) is 17.1. The van der Waals surface area contributed by atoms with Crippen molar-refractivity contribution in [3.05, 3.63) is 23.7 Å². The highest BCUT2D eigenvalue weighted by atomic mass is 16.5. The average Bonchev–Trinajstić information content (AvgIpc) is 3.13. The summed E-state index contributed by atoms with van der Waals surface area (Å²) in [7, 11) is 0. The smallest absolute Gasteiger partial charge is 0.309 e. The first-order chi connectivity index (χ1) is 13.6. The summed E-state index contributed by atoms with van der Waals surface area (Å²) in [6.45, 7) is 9.63. The molecule has 1 amide bonds. The maximum absolute atomic E-state index is 12.0. The molecule has 2 heterocycles. The molecule has 1 saturated heterocycles. The fraction of sp³-hybridized carbons (Fsp3) is 0.650. The van der Waals surface area contributed by atoms with E-state index in [1.165, 1.54) is 6.26 Å². The number of esters is 1. The molecule has 0 aliphatic carbocycles. The third-order valence-electron chi connectivity index (χ3n) is 4.70. The van der Waals surface area contributed by atoms with Crippen molar-refractivity contribution < 1.29 is 18.7 Å². The molecule has 1 fully saturated rings. The molecule has 1 aromatic rings. The Bertz CT molecular complexity index is 663. The molecule has 1 aliphatic heterocycles. The molecule has 0 aromatic carbocycles. The molecule has 2 rings (SSSR count). The van der Waals surface area contributed by atoms with E-state index in [0.717, 1.165) is 50.4 Å².